The third-order valence-electron chi connectivity index (χ3n) is 2.62. The Morgan fingerprint density at radius 3 is 2.69 bits per heavy atom. The minimum atomic E-state index is 0.264. The molecule has 3 heteroatoms. The zero-order valence-electron chi connectivity index (χ0n) is 9.43. The zero-order chi connectivity index (χ0) is 11.4. The molecule has 1 heterocycles. The average Bonchev–Trinajstić information content (AvgIpc) is 2.69. The molecule has 2 aromatic rings. The van der Waals surface area contributed by atoms with Crippen LogP contribution in [0, 0.1) is 0 Å². The molecule has 0 atom stereocenters. The number of unbranched alkanes of at least 4 members (excludes halogenated alkanes) is 1. The Morgan fingerprint density at radius 1 is 1.25 bits per heavy atom. The zero-order valence-corrected chi connectivity index (χ0v) is 9.43. The average molecular weight is 216 g/mol. The molecule has 0 aliphatic heterocycles. The molecule has 0 radical (unpaired) electrons. The van der Waals surface area contributed by atoms with Crippen molar-refractivity contribution in [2.75, 3.05) is 0 Å². The van der Waals surface area contributed by atoms with Gasteiger partial charge in [-0.15, -0.1) is 0 Å². The summed E-state index contributed by atoms with van der Waals surface area (Å²) in [6.45, 7) is 2.14. The third kappa shape index (κ3) is 2.08. The van der Waals surface area contributed by atoms with Gasteiger partial charge < -0.3 is 5.11 Å². The summed E-state index contributed by atoms with van der Waals surface area (Å²) in [6, 6.07) is 9.67. The molecule has 0 spiro atoms. The molecule has 1 aromatic heterocycles. The summed E-state index contributed by atoms with van der Waals surface area (Å²) in [7, 11) is 0. The highest BCUT2D eigenvalue weighted by molar-refractivity contribution is 5.37. The van der Waals surface area contributed by atoms with Crippen molar-refractivity contribution in [2.45, 2.75) is 26.2 Å². The van der Waals surface area contributed by atoms with E-state index in [2.05, 4.69) is 12.0 Å². The lowest BCUT2D eigenvalue weighted by Crippen LogP contribution is -1.94. The van der Waals surface area contributed by atoms with Gasteiger partial charge in [-0.2, -0.15) is 5.10 Å². The van der Waals surface area contributed by atoms with Crippen molar-refractivity contribution in [1.82, 2.24) is 9.78 Å². The molecule has 0 bridgehead atoms. The highest BCUT2D eigenvalue weighted by Gasteiger charge is 2.09. The number of nitrogens with zero attached hydrogens (tertiary/aromatic N) is 2. The van der Waals surface area contributed by atoms with Crippen molar-refractivity contribution in [3.8, 4) is 11.6 Å². The smallest absolute Gasteiger partial charge is 0.217 e. The van der Waals surface area contributed by atoms with Gasteiger partial charge in [-0.25, -0.2) is 4.68 Å². The minimum Gasteiger partial charge on any atom is -0.493 e. The Kier molecular flexibility index (Phi) is 3.25. The number of aromatic hydroxyl groups is 1. The van der Waals surface area contributed by atoms with Gasteiger partial charge in [0.25, 0.3) is 0 Å². The van der Waals surface area contributed by atoms with Crippen LogP contribution in [0.1, 0.15) is 25.3 Å². The van der Waals surface area contributed by atoms with Gasteiger partial charge in [0.05, 0.1) is 11.9 Å². The molecule has 3 nitrogen and oxygen atoms in total. The van der Waals surface area contributed by atoms with Gasteiger partial charge in [-0.05, 0) is 25.0 Å². The lowest BCUT2D eigenvalue weighted by atomic mass is 10.1. The highest BCUT2D eigenvalue weighted by atomic mass is 16.3. The number of para-hydroxylation sites is 1. The number of hydrogen-bond acceptors (Lipinski definition) is 2. The van der Waals surface area contributed by atoms with Crippen LogP contribution in [0.2, 0.25) is 0 Å². The van der Waals surface area contributed by atoms with Crippen LogP contribution in [-0.4, -0.2) is 14.9 Å². The van der Waals surface area contributed by atoms with E-state index in [9.17, 15) is 5.11 Å². The molecule has 2 rings (SSSR count). The minimum absolute atomic E-state index is 0.264. The van der Waals surface area contributed by atoms with Gasteiger partial charge in [0.1, 0.15) is 0 Å². The Hall–Kier alpha value is -1.77. The van der Waals surface area contributed by atoms with E-state index in [0.717, 1.165) is 30.5 Å². The normalized spacial score (nSPS) is 10.6. The second-order valence-corrected chi connectivity index (χ2v) is 3.84. The maximum Gasteiger partial charge on any atom is 0.217 e. The third-order valence-corrected chi connectivity index (χ3v) is 2.62. The van der Waals surface area contributed by atoms with Crippen molar-refractivity contribution in [3.05, 3.63) is 42.1 Å². The number of benzene rings is 1. The molecule has 0 saturated carbocycles. The van der Waals surface area contributed by atoms with Crippen LogP contribution in [0.3, 0.4) is 0 Å². The summed E-state index contributed by atoms with van der Waals surface area (Å²) in [5, 5.41) is 14.2. The monoisotopic (exact) mass is 216 g/mol. The molecule has 84 valence electrons. The van der Waals surface area contributed by atoms with Crippen LogP contribution < -0.4 is 0 Å². The van der Waals surface area contributed by atoms with Gasteiger partial charge in [-0.1, -0.05) is 31.5 Å². The largest absolute Gasteiger partial charge is 0.493 e. The van der Waals surface area contributed by atoms with E-state index in [1.807, 2.05) is 30.3 Å². The van der Waals surface area contributed by atoms with E-state index >= 15 is 0 Å². The molecule has 0 fully saturated rings. The highest BCUT2D eigenvalue weighted by Crippen LogP contribution is 2.22. The lowest BCUT2D eigenvalue weighted by molar-refractivity contribution is 0.427. The SMILES string of the molecule is CCCCc1cnn(-c2ccccc2)c1O. The van der Waals surface area contributed by atoms with Crippen molar-refractivity contribution < 1.29 is 5.11 Å². The van der Waals surface area contributed by atoms with Crippen molar-refractivity contribution in [1.29, 1.82) is 0 Å². The standard InChI is InChI=1S/C13H16N2O/c1-2-3-7-11-10-14-15(13(11)16)12-8-5-4-6-9-12/h4-6,8-10,16H,2-3,7H2,1H3. The predicted octanol–water partition coefficient (Wildman–Crippen LogP) is 2.92. The fraction of sp³-hybridized carbons (Fsp3) is 0.308. The summed E-state index contributed by atoms with van der Waals surface area (Å²) in [5.41, 5.74) is 1.81. The van der Waals surface area contributed by atoms with E-state index in [0.29, 0.717) is 0 Å². The first-order valence-electron chi connectivity index (χ1n) is 5.64. The quantitative estimate of drug-likeness (QED) is 0.853. The van der Waals surface area contributed by atoms with E-state index < -0.39 is 0 Å². The maximum atomic E-state index is 10.0. The first-order valence-corrected chi connectivity index (χ1v) is 5.64. The summed E-state index contributed by atoms with van der Waals surface area (Å²) in [5.74, 6) is 0.264. The second kappa shape index (κ2) is 4.84. The van der Waals surface area contributed by atoms with Gasteiger partial charge in [0.15, 0.2) is 0 Å². The van der Waals surface area contributed by atoms with Crippen molar-refractivity contribution in [2.24, 2.45) is 0 Å². The Bertz CT molecular complexity index is 448. The van der Waals surface area contributed by atoms with Gasteiger partial charge >= 0.3 is 0 Å². The van der Waals surface area contributed by atoms with Crippen molar-refractivity contribution in [3.63, 3.8) is 0 Å². The van der Waals surface area contributed by atoms with Gasteiger partial charge in [0, 0.05) is 5.56 Å². The predicted molar refractivity (Wildman–Crippen MR) is 63.8 cm³/mol. The van der Waals surface area contributed by atoms with E-state index in [1.165, 1.54) is 0 Å². The first-order chi connectivity index (χ1) is 7.83. The molecule has 0 amide bonds. The summed E-state index contributed by atoms with van der Waals surface area (Å²) in [6.07, 6.45) is 4.83. The molecule has 16 heavy (non-hydrogen) atoms. The number of aryl methyl sites for hydroxylation is 1. The Morgan fingerprint density at radius 2 is 2.00 bits per heavy atom. The van der Waals surface area contributed by atoms with Gasteiger partial charge in [0.2, 0.25) is 5.88 Å². The van der Waals surface area contributed by atoms with Crippen LogP contribution in [0.25, 0.3) is 5.69 Å². The van der Waals surface area contributed by atoms with Crippen LogP contribution in [0.15, 0.2) is 36.5 Å². The second-order valence-electron chi connectivity index (χ2n) is 3.84. The van der Waals surface area contributed by atoms with Crippen LogP contribution in [0.4, 0.5) is 0 Å². The topological polar surface area (TPSA) is 38.0 Å². The molecule has 1 N–H and O–H groups in total. The van der Waals surface area contributed by atoms with Crippen molar-refractivity contribution >= 4 is 0 Å². The Labute approximate surface area is 95.3 Å². The fourth-order valence-electron chi connectivity index (χ4n) is 1.68. The fourth-order valence-corrected chi connectivity index (χ4v) is 1.68. The lowest BCUT2D eigenvalue weighted by Gasteiger charge is -2.03. The molecule has 0 saturated heterocycles. The van der Waals surface area contributed by atoms with Crippen LogP contribution in [-0.2, 0) is 6.42 Å². The van der Waals surface area contributed by atoms with E-state index in [4.69, 9.17) is 0 Å². The summed E-state index contributed by atoms with van der Waals surface area (Å²) in [4.78, 5) is 0. The molecule has 1 aromatic carbocycles. The summed E-state index contributed by atoms with van der Waals surface area (Å²) >= 11 is 0. The molecular weight excluding hydrogens is 200 g/mol. The maximum absolute atomic E-state index is 10.0. The van der Waals surface area contributed by atoms with E-state index in [-0.39, 0.29) is 5.88 Å². The van der Waals surface area contributed by atoms with Crippen LogP contribution >= 0.6 is 0 Å². The Balaban J connectivity index is 2.27. The molecular formula is C13H16N2O. The first kappa shape index (κ1) is 10.7. The number of rotatable bonds is 4. The number of hydrogen-bond donors (Lipinski definition) is 1. The summed E-state index contributed by atoms with van der Waals surface area (Å²) < 4.78 is 1.57. The number of aromatic nitrogens is 2. The van der Waals surface area contributed by atoms with E-state index in [1.54, 1.807) is 10.9 Å². The van der Waals surface area contributed by atoms with Crippen LogP contribution in [0.5, 0.6) is 5.88 Å². The molecule has 0 aliphatic rings. The molecule has 0 aliphatic carbocycles. The van der Waals surface area contributed by atoms with Gasteiger partial charge in [-0.3, -0.25) is 0 Å². The molecule has 0 unspecified atom stereocenters.